The summed E-state index contributed by atoms with van der Waals surface area (Å²) in [5.41, 5.74) is 1.25. The molecule has 0 aliphatic heterocycles. The van der Waals surface area contributed by atoms with Gasteiger partial charge in [-0.1, -0.05) is 19.1 Å². The maximum atomic E-state index is 5.18. The molecule has 0 saturated heterocycles. The van der Waals surface area contributed by atoms with E-state index in [1.807, 2.05) is 24.5 Å². The zero-order valence-electron chi connectivity index (χ0n) is 12.5. The van der Waals surface area contributed by atoms with Gasteiger partial charge in [-0.05, 0) is 31.0 Å². The third kappa shape index (κ3) is 3.61. The number of ether oxygens (including phenoxy) is 1. The van der Waals surface area contributed by atoms with Gasteiger partial charge >= 0.3 is 0 Å². The maximum Gasteiger partial charge on any atom is 0.122 e. The minimum absolute atomic E-state index is 0.285. The van der Waals surface area contributed by atoms with E-state index < -0.39 is 0 Å². The number of nitrogens with zero attached hydrogens (tertiary/aromatic N) is 2. The van der Waals surface area contributed by atoms with Gasteiger partial charge in [-0.3, -0.25) is 0 Å². The van der Waals surface area contributed by atoms with Crippen LogP contribution in [0.5, 0.6) is 5.75 Å². The first-order valence-corrected chi connectivity index (χ1v) is 7.12. The largest absolute Gasteiger partial charge is 0.497 e. The van der Waals surface area contributed by atoms with Crippen LogP contribution in [0.4, 0.5) is 0 Å². The average Bonchev–Trinajstić information content (AvgIpc) is 2.92. The highest BCUT2D eigenvalue weighted by atomic mass is 16.5. The van der Waals surface area contributed by atoms with E-state index in [-0.39, 0.29) is 6.04 Å². The van der Waals surface area contributed by atoms with Crippen molar-refractivity contribution in [1.82, 2.24) is 14.9 Å². The van der Waals surface area contributed by atoms with Crippen LogP contribution in [0.3, 0.4) is 0 Å². The van der Waals surface area contributed by atoms with E-state index in [1.165, 1.54) is 5.56 Å². The first-order valence-electron chi connectivity index (χ1n) is 7.12. The lowest BCUT2D eigenvalue weighted by molar-refractivity contribution is 0.414. The third-order valence-corrected chi connectivity index (χ3v) is 3.45. The molecule has 0 saturated carbocycles. The molecular formula is C16H23N3O. The molecule has 4 heteroatoms. The number of rotatable bonds is 7. The van der Waals surface area contributed by atoms with E-state index in [9.17, 15) is 0 Å². The van der Waals surface area contributed by atoms with E-state index in [0.29, 0.717) is 0 Å². The molecule has 0 amide bonds. The van der Waals surface area contributed by atoms with Crippen molar-refractivity contribution in [2.24, 2.45) is 0 Å². The lowest BCUT2D eigenvalue weighted by atomic mass is 10.1. The van der Waals surface area contributed by atoms with E-state index in [0.717, 1.165) is 31.1 Å². The number of imidazole rings is 1. The zero-order chi connectivity index (χ0) is 14.4. The van der Waals surface area contributed by atoms with Gasteiger partial charge in [-0.25, -0.2) is 4.98 Å². The Morgan fingerprint density at radius 2 is 2.05 bits per heavy atom. The average molecular weight is 273 g/mol. The molecule has 20 heavy (non-hydrogen) atoms. The fraction of sp³-hybridized carbons (Fsp3) is 0.438. The molecule has 0 aliphatic rings. The Labute approximate surface area is 120 Å². The monoisotopic (exact) mass is 273 g/mol. The summed E-state index contributed by atoms with van der Waals surface area (Å²) in [6, 6.07) is 8.45. The van der Waals surface area contributed by atoms with Crippen LogP contribution < -0.4 is 10.1 Å². The van der Waals surface area contributed by atoms with Crippen LogP contribution in [0.25, 0.3) is 0 Å². The summed E-state index contributed by atoms with van der Waals surface area (Å²) >= 11 is 0. The standard InChI is InChI=1S/C16H23N3O/c1-4-10-19-11-9-17-16(19)12-18-13(2)14-5-7-15(20-3)8-6-14/h5-9,11,13,18H,4,10,12H2,1-3H3. The lowest BCUT2D eigenvalue weighted by Gasteiger charge is -2.15. The second-order valence-electron chi connectivity index (χ2n) is 4.91. The van der Waals surface area contributed by atoms with Crippen LogP contribution >= 0.6 is 0 Å². The molecular weight excluding hydrogens is 250 g/mol. The molecule has 1 heterocycles. The van der Waals surface area contributed by atoms with Gasteiger partial charge in [0.15, 0.2) is 0 Å². The zero-order valence-corrected chi connectivity index (χ0v) is 12.5. The number of hydrogen-bond acceptors (Lipinski definition) is 3. The normalized spacial score (nSPS) is 12.3. The molecule has 0 fully saturated rings. The molecule has 4 nitrogen and oxygen atoms in total. The van der Waals surface area contributed by atoms with Gasteiger partial charge in [-0.15, -0.1) is 0 Å². The van der Waals surface area contributed by atoms with Gasteiger partial charge in [0.1, 0.15) is 11.6 Å². The highest BCUT2D eigenvalue weighted by Crippen LogP contribution is 2.17. The highest BCUT2D eigenvalue weighted by Gasteiger charge is 2.07. The summed E-state index contributed by atoms with van der Waals surface area (Å²) in [6.07, 6.45) is 5.03. The lowest BCUT2D eigenvalue weighted by Crippen LogP contribution is -2.20. The number of nitrogens with one attached hydrogen (secondary N) is 1. The van der Waals surface area contributed by atoms with Crippen LogP contribution in [0.2, 0.25) is 0 Å². The van der Waals surface area contributed by atoms with Crippen molar-refractivity contribution >= 4 is 0 Å². The quantitative estimate of drug-likeness (QED) is 0.842. The smallest absolute Gasteiger partial charge is 0.122 e. The summed E-state index contributed by atoms with van der Waals surface area (Å²) in [4.78, 5) is 4.41. The molecule has 1 aromatic carbocycles. The van der Waals surface area contributed by atoms with Crippen molar-refractivity contribution < 1.29 is 4.74 Å². The first kappa shape index (κ1) is 14.6. The van der Waals surface area contributed by atoms with Crippen LogP contribution in [0.15, 0.2) is 36.7 Å². The topological polar surface area (TPSA) is 39.1 Å². The summed E-state index contributed by atoms with van der Waals surface area (Å²) in [5, 5.41) is 3.51. The van der Waals surface area contributed by atoms with Crippen LogP contribution in [-0.4, -0.2) is 16.7 Å². The summed E-state index contributed by atoms with van der Waals surface area (Å²) < 4.78 is 7.38. The Hall–Kier alpha value is -1.81. The Morgan fingerprint density at radius 3 is 2.70 bits per heavy atom. The first-order chi connectivity index (χ1) is 9.74. The molecule has 0 radical (unpaired) electrons. The van der Waals surface area contributed by atoms with Gasteiger partial charge < -0.3 is 14.6 Å². The highest BCUT2D eigenvalue weighted by molar-refractivity contribution is 5.28. The van der Waals surface area contributed by atoms with E-state index in [1.54, 1.807) is 7.11 Å². The summed E-state index contributed by atoms with van der Waals surface area (Å²) in [5.74, 6) is 1.98. The van der Waals surface area contributed by atoms with Gasteiger partial charge in [0.2, 0.25) is 0 Å². The maximum absolute atomic E-state index is 5.18. The van der Waals surface area contributed by atoms with Gasteiger partial charge in [0.25, 0.3) is 0 Å². The fourth-order valence-corrected chi connectivity index (χ4v) is 2.21. The van der Waals surface area contributed by atoms with Crippen molar-refractivity contribution in [1.29, 1.82) is 0 Å². The van der Waals surface area contributed by atoms with Crippen LogP contribution in [0, 0.1) is 0 Å². The molecule has 1 N–H and O–H groups in total. The Kier molecular flexibility index (Phi) is 5.18. The van der Waals surface area contributed by atoms with Crippen molar-refractivity contribution in [3.8, 4) is 5.75 Å². The van der Waals surface area contributed by atoms with Gasteiger partial charge in [0.05, 0.1) is 13.7 Å². The Bertz CT molecular complexity index is 519. The molecule has 1 unspecified atom stereocenters. The molecule has 2 rings (SSSR count). The number of methoxy groups -OCH3 is 1. The van der Waals surface area contributed by atoms with Crippen LogP contribution in [-0.2, 0) is 13.1 Å². The fourth-order valence-electron chi connectivity index (χ4n) is 2.21. The molecule has 0 bridgehead atoms. The van der Waals surface area contributed by atoms with Crippen molar-refractivity contribution in [3.05, 3.63) is 48.0 Å². The number of hydrogen-bond donors (Lipinski definition) is 1. The van der Waals surface area contributed by atoms with Gasteiger partial charge in [0, 0.05) is 25.0 Å². The second-order valence-corrected chi connectivity index (χ2v) is 4.91. The Balaban J connectivity index is 1.93. The van der Waals surface area contributed by atoms with Crippen molar-refractivity contribution in [2.45, 2.75) is 39.4 Å². The summed E-state index contributed by atoms with van der Waals surface area (Å²) in [6.45, 7) is 6.14. The Morgan fingerprint density at radius 1 is 1.30 bits per heavy atom. The minimum atomic E-state index is 0.285. The molecule has 108 valence electrons. The predicted molar refractivity (Wildman–Crippen MR) is 80.8 cm³/mol. The molecule has 0 spiro atoms. The molecule has 2 aromatic rings. The molecule has 0 aliphatic carbocycles. The van der Waals surface area contributed by atoms with Crippen molar-refractivity contribution in [3.63, 3.8) is 0 Å². The number of aryl methyl sites for hydroxylation is 1. The predicted octanol–water partition coefficient (Wildman–Crippen LogP) is 3.15. The second kappa shape index (κ2) is 7.10. The van der Waals surface area contributed by atoms with E-state index >= 15 is 0 Å². The van der Waals surface area contributed by atoms with Crippen LogP contribution in [0.1, 0.15) is 37.7 Å². The molecule has 1 aromatic heterocycles. The SMILES string of the molecule is CCCn1ccnc1CNC(C)c1ccc(OC)cc1. The summed E-state index contributed by atoms with van der Waals surface area (Å²) in [7, 11) is 1.68. The van der Waals surface area contributed by atoms with E-state index in [4.69, 9.17) is 4.74 Å². The van der Waals surface area contributed by atoms with Gasteiger partial charge in [-0.2, -0.15) is 0 Å². The minimum Gasteiger partial charge on any atom is -0.497 e. The number of benzene rings is 1. The third-order valence-electron chi connectivity index (χ3n) is 3.45. The molecule has 1 atom stereocenters. The van der Waals surface area contributed by atoms with Crippen molar-refractivity contribution in [2.75, 3.05) is 7.11 Å². The number of aromatic nitrogens is 2. The van der Waals surface area contributed by atoms with E-state index in [2.05, 4.69) is 40.8 Å².